The van der Waals surface area contributed by atoms with Gasteiger partial charge in [0.15, 0.2) is 0 Å². The Morgan fingerprint density at radius 1 is 1.14 bits per heavy atom. The number of nitrogens with one attached hydrogen (secondary N) is 1. The second-order valence-electron chi connectivity index (χ2n) is 4.67. The summed E-state index contributed by atoms with van der Waals surface area (Å²) in [5.41, 5.74) is 3.54. The average molecular weight is 303 g/mol. The number of benzene rings is 2. The van der Waals surface area contributed by atoms with Gasteiger partial charge < -0.3 is 9.15 Å². The summed E-state index contributed by atoms with van der Waals surface area (Å²) in [6, 6.07) is 16.8. The van der Waals surface area contributed by atoms with Crippen molar-refractivity contribution in [2.24, 2.45) is 5.84 Å². The third-order valence-electron chi connectivity index (χ3n) is 3.20. The largest absolute Gasteiger partial charge is 0.491 e. The highest BCUT2D eigenvalue weighted by Crippen LogP contribution is 2.24. The molecule has 0 saturated heterocycles. The van der Waals surface area contributed by atoms with Crippen molar-refractivity contribution in [1.82, 2.24) is 5.43 Å². The summed E-state index contributed by atoms with van der Waals surface area (Å²) >= 11 is 5.93. The lowest BCUT2D eigenvalue weighted by atomic mass is 10.2. The normalized spacial score (nSPS) is 12.5. The van der Waals surface area contributed by atoms with Gasteiger partial charge in [-0.05, 0) is 30.3 Å². The van der Waals surface area contributed by atoms with E-state index in [1.165, 1.54) is 0 Å². The van der Waals surface area contributed by atoms with E-state index in [0.717, 1.165) is 16.7 Å². The van der Waals surface area contributed by atoms with Gasteiger partial charge in [-0.25, -0.2) is 5.43 Å². The molecule has 2 aromatic carbocycles. The molecule has 0 spiro atoms. The topological polar surface area (TPSA) is 60.4 Å². The summed E-state index contributed by atoms with van der Waals surface area (Å²) in [7, 11) is 0. The maximum atomic E-state index is 5.93. The Labute approximate surface area is 127 Å². The van der Waals surface area contributed by atoms with E-state index in [2.05, 4.69) is 5.43 Å². The summed E-state index contributed by atoms with van der Waals surface area (Å²) in [6.45, 7) is 0.344. The number of ether oxygens (including phenoxy) is 1. The van der Waals surface area contributed by atoms with Gasteiger partial charge in [-0.15, -0.1) is 0 Å². The van der Waals surface area contributed by atoms with E-state index in [0.29, 0.717) is 17.4 Å². The van der Waals surface area contributed by atoms with Crippen LogP contribution in [-0.4, -0.2) is 6.61 Å². The minimum Gasteiger partial charge on any atom is -0.491 e. The molecule has 0 aliphatic rings. The van der Waals surface area contributed by atoms with Crippen LogP contribution in [0, 0.1) is 0 Å². The van der Waals surface area contributed by atoms with Gasteiger partial charge in [0.1, 0.15) is 29.7 Å². The number of rotatable bonds is 5. The van der Waals surface area contributed by atoms with Crippen LogP contribution in [0.25, 0.3) is 11.0 Å². The van der Waals surface area contributed by atoms with Gasteiger partial charge in [0.25, 0.3) is 0 Å². The van der Waals surface area contributed by atoms with Crippen molar-refractivity contribution < 1.29 is 9.15 Å². The molecule has 0 fully saturated rings. The van der Waals surface area contributed by atoms with Crippen molar-refractivity contribution >= 4 is 22.6 Å². The standard InChI is InChI=1S/C16H15ClN2O2/c17-12-5-3-6-13(9-12)20-10-14(19-18)16-8-11-4-1-2-7-15(11)21-16/h1-9,14,19H,10,18H2. The maximum Gasteiger partial charge on any atom is 0.134 e. The fourth-order valence-corrected chi connectivity index (χ4v) is 2.30. The lowest BCUT2D eigenvalue weighted by molar-refractivity contribution is 0.250. The second-order valence-corrected chi connectivity index (χ2v) is 5.11. The molecule has 21 heavy (non-hydrogen) atoms. The predicted molar refractivity (Wildman–Crippen MR) is 83.2 cm³/mol. The first-order chi connectivity index (χ1) is 10.3. The summed E-state index contributed by atoms with van der Waals surface area (Å²) < 4.78 is 11.5. The number of halogens is 1. The van der Waals surface area contributed by atoms with Crippen LogP contribution in [-0.2, 0) is 0 Å². The summed E-state index contributed by atoms with van der Waals surface area (Å²) in [5, 5.41) is 1.67. The van der Waals surface area contributed by atoms with Crippen molar-refractivity contribution in [2.75, 3.05) is 6.61 Å². The minimum atomic E-state index is -0.239. The first-order valence-corrected chi connectivity index (χ1v) is 6.97. The van der Waals surface area contributed by atoms with E-state index in [1.807, 2.05) is 42.5 Å². The number of nitrogens with two attached hydrogens (primary N) is 1. The molecule has 0 aliphatic carbocycles. The van der Waals surface area contributed by atoms with Crippen molar-refractivity contribution in [1.29, 1.82) is 0 Å². The van der Waals surface area contributed by atoms with E-state index in [1.54, 1.807) is 12.1 Å². The number of hydrazine groups is 1. The van der Waals surface area contributed by atoms with Gasteiger partial charge in [-0.2, -0.15) is 0 Å². The molecule has 3 N–H and O–H groups in total. The van der Waals surface area contributed by atoms with Crippen molar-refractivity contribution in [3.63, 3.8) is 0 Å². The molecule has 1 heterocycles. The number of hydrogen-bond donors (Lipinski definition) is 2. The zero-order chi connectivity index (χ0) is 14.7. The fourth-order valence-electron chi connectivity index (χ4n) is 2.12. The lowest BCUT2D eigenvalue weighted by Gasteiger charge is -2.14. The Bertz CT molecular complexity index is 709. The summed E-state index contributed by atoms with van der Waals surface area (Å²) in [5.74, 6) is 7.03. The van der Waals surface area contributed by atoms with E-state index < -0.39 is 0 Å². The Hall–Kier alpha value is -2.01. The Morgan fingerprint density at radius 3 is 2.76 bits per heavy atom. The van der Waals surface area contributed by atoms with Crippen LogP contribution >= 0.6 is 11.6 Å². The number of fused-ring (bicyclic) bond motifs is 1. The van der Waals surface area contributed by atoms with E-state index in [9.17, 15) is 0 Å². The number of para-hydroxylation sites is 1. The maximum absolute atomic E-state index is 5.93. The molecule has 1 atom stereocenters. The number of furan rings is 1. The zero-order valence-corrected chi connectivity index (χ0v) is 12.0. The average Bonchev–Trinajstić information content (AvgIpc) is 2.91. The SMILES string of the molecule is NNC(COc1cccc(Cl)c1)c1cc2ccccc2o1. The quantitative estimate of drug-likeness (QED) is 0.557. The van der Waals surface area contributed by atoms with Crippen LogP contribution in [0.2, 0.25) is 5.02 Å². The molecule has 108 valence electrons. The molecule has 1 unspecified atom stereocenters. The molecule has 4 nitrogen and oxygen atoms in total. The van der Waals surface area contributed by atoms with Crippen LogP contribution in [0.1, 0.15) is 11.8 Å². The highest BCUT2D eigenvalue weighted by atomic mass is 35.5. The first kappa shape index (κ1) is 13.9. The van der Waals surface area contributed by atoms with Gasteiger partial charge in [0.05, 0.1) is 0 Å². The highest BCUT2D eigenvalue weighted by Gasteiger charge is 2.16. The molecule has 0 radical (unpaired) electrons. The van der Waals surface area contributed by atoms with Crippen molar-refractivity contribution in [2.45, 2.75) is 6.04 Å². The van der Waals surface area contributed by atoms with Gasteiger partial charge in [0, 0.05) is 10.4 Å². The Kier molecular flexibility index (Phi) is 4.10. The molecule has 3 rings (SSSR count). The number of hydrogen-bond acceptors (Lipinski definition) is 4. The minimum absolute atomic E-state index is 0.239. The molecule has 5 heteroatoms. The van der Waals surface area contributed by atoms with Crippen molar-refractivity contribution in [3.8, 4) is 5.75 Å². The van der Waals surface area contributed by atoms with E-state index >= 15 is 0 Å². The molecular formula is C16H15ClN2O2. The van der Waals surface area contributed by atoms with Gasteiger partial charge in [-0.3, -0.25) is 5.84 Å². The van der Waals surface area contributed by atoms with Gasteiger partial charge >= 0.3 is 0 Å². The van der Waals surface area contributed by atoms with Crippen LogP contribution in [0.3, 0.4) is 0 Å². The van der Waals surface area contributed by atoms with Crippen LogP contribution in [0.5, 0.6) is 5.75 Å². The second kappa shape index (κ2) is 6.18. The molecule has 3 aromatic rings. The predicted octanol–water partition coefficient (Wildman–Crippen LogP) is 3.67. The molecular weight excluding hydrogens is 288 g/mol. The van der Waals surface area contributed by atoms with Crippen molar-refractivity contribution in [3.05, 3.63) is 65.4 Å². The fraction of sp³-hybridized carbons (Fsp3) is 0.125. The summed E-state index contributed by atoms with van der Waals surface area (Å²) in [4.78, 5) is 0. The molecule has 1 aromatic heterocycles. The highest BCUT2D eigenvalue weighted by molar-refractivity contribution is 6.30. The van der Waals surface area contributed by atoms with Gasteiger partial charge in [0.2, 0.25) is 0 Å². The monoisotopic (exact) mass is 302 g/mol. The molecule has 0 aliphatic heterocycles. The Morgan fingerprint density at radius 2 is 2.00 bits per heavy atom. The summed E-state index contributed by atoms with van der Waals surface area (Å²) in [6.07, 6.45) is 0. The Balaban J connectivity index is 1.75. The molecule has 0 bridgehead atoms. The van der Waals surface area contributed by atoms with Crippen LogP contribution in [0.4, 0.5) is 0 Å². The smallest absolute Gasteiger partial charge is 0.134 e. The van der Waals surface area contributed by atoms with E-state index in [4.69, 9.17) is 26.6 Å². The van der Waals surface area contributed by atoms with Crippen LogP contribution in [0.15, 0.2) is 59.0 Å². The lowest BCUT2D eigenvalue weighted by Crippen LogP contribution is -2.32. The molecule has 0 amide bonds. The third-order valence-corrected chi connectivity index (χ3v) is 3.44. The van der Waals surface area contributed by atoms with E-state index in [-0.39, 0.29) is 6.04 Å². The van der Waals surface area contributed by atoms with Crippen LogP contribution < -0.4 is 16.0 Å². The zero-order valence-electron chi connectivity index (χ0n) is 11.3. The molecule has 0 saturated carbocycles. The first-order valence-electron chi connectivity index (χ1n) is 6.59. The van der Waals surface area contributed by atoms with Gasteiger partial charge in [-0.1, -0.05) is 35.9 Å². The third kappa shape index (κ3) is 3.19.